The monoisotopic (exact) mass is 358 g/mol. The fourth-order valence-corrected chi connectivity index (χ4v) is 4.00. The molecule has 25 heavy (non-hydrogen) atoms. The lowest BCUT2D eigenvalue weighted by molar-refractivity contribution is -0.120. The van der Waals surface area contributed by atoms with E-state index in [0.717, 1.165) is 54.7 Å². The Bertz CT molecular complexity index is 730. The third-order valence-electron chi connectivity index (χ3n) is 4.62. The zero-order valence-electron chi connectivity index (χ0n) is 15.2. The molecule has 1 aliphatic heterocycles. The minimum atomic E-state index is -0.140. The second-order valence-electron chi connectivity index (χ2n) is 6.68. The molecule has 0 bridgehead atoms. The maximum atomic E-state index is 12.6. The van der Waals surface area contributed by atoms with E-state index in [1.165, 1.54) is 0 Å². The van der Waals surface area contributed by atoms with Gasteiger partial charge in [-0.15, -0.1) is 11.3 Å². The van der Waals surface area contributed by atoms with Crippen LogP contribution in [0.15, 0.2) is 29.6 Å². The maximum Gasteiger partial charge on any atom is 0.241 e. The Hall–Kier alpha value is -1.92. The molecule has 1 fully saturated rings. The van der Waals surface area contributed by atoms with Crippen molar-refractivity contribution < 1.29 is 4.79 Å². The molecule has 0 saturated carbocycles. The maximum absolute atomic E-state index is 12.6. The molecule has 0 spiro atoms. The summed E-state index contributed by atoms with van der Waals surface area (Å²) in [4.78, 5) is 21.8. The van der Waals surface area contributed by atoms with Crippen LogP contribution in [0.25, 0.3) is 0 Å². The van der Waals surface area contributed by atoms with Crippen LogP contribution in [-0.4, -0.2) is 48.0 Å². The van der Waals surface area contributed by atoms with Gasteiger partial charge in [0.1, 0.15) is 0 Å². The molecule has 1 atom stereocenters. The summed E-state index contributed by atoms with van der Waals surface area (Å²) in [6.07, 6.45) is 1.04. The SMILES string of the molecule is Cc1cccc(NC(=O)C(C)N2CCCN(c3nc(C)cs3)CC2)c1. The van der Waals surface area contributed by atoms with Gasteiger partial charge in [-0.05, 0) is 44.9 Å². The molecule has 1 aliphatic rings. The minimum Gasteiger partial charge on any atom is -0.347 e. The number of nitrogens with zero attached hydrogens (tertiary/aromatic N) is 3. The molecule has 1 N–H and O–H groups in total. The standard InChI is InChI=1S/C19H26N4OS/c1-14-6-4-7-17(12-14)21-18(24)16(3)22-8-5-9-23(11-10-22)19-20-15(2)13-25-19/h4,6-7,12-13,16H,5,8-11H2,1-3H3,(H,21,24). The largest absolute Gasteiger partial charge is 0.347 e. The van der Waals surface area contributed by atoms with Crippen molar-refractivity contribution in [2.75, 3.05) is 36.4 Å². The van der Waals surface area contributed by atoms with Gasteiger partial charge in [-0.25, -0.2) is 4.98 Å². The first-order valence-electron chi connectivity index (χ1n) is 8.81. The molecule has 3 rings (SSSR count). The van der Waals surface area contributed by atoms with Crippen molar-refractivity contribution in [3.8, 4) is 0 Å². The van der Waals surface area contributed by atoms with E-state index < -0.39 is 0 Å². The van der Waals surface area contributed by atoms with E-state index in [9.17, 15) is 4.79 Å². The van der Waals surface area contributed by atoms with Gasteiger partial charge in [0.15, 0.2) is 5.13 Å². The van der Waals surface area contributed by atoms with Gasteiger partial charge in [0.2, 0.25) is 5.91 Å². The fourth-order valence-electron chi connectivity index (χ4n) is 3.14. The van der Waals surface area contributed by atoms with Gasteiger partial charge < -0.3 is 10.2 Å². The Labute approximate surface area is 153 Å². The summed E-state index contributed by atoms with van der Waals surface area (Å²) < 4.78 is 0. The van der Waals surface area contributed by atoms with Crippen LogP contribution in [0.2, 0.25) is 0 Å². The number of rotatable bonds is 4. The number of anilines is 2. The lowest BCUT2D eigenvalue weighted by Crippen LogP contribution is -2.43. The van der Waals surface area contributed by atoms with Crippen molar-refractivity contribution in [2.45, 2.75) is 33.2 Å². The average molecular weight is 359 g/mol. The highest BCUT2D eigenvalue weighted by atomic mass is 32.1. The third-order valence-corrected chi connectivity index (χ3v) is 5.64. The summed E-state index contributed by atoms with van der Waals surface area (Å²) >= 11 is 1.70. The molecule has 1 amide bonds. The molecule has 5 nitrogen and oxygen atoms in total. The predicted octanol–water partition coefficient (Wildman–Crippen LogP) is 3.30. The van der Waals surface area contributed by atoms with Crippen molar-refractivity contribution >= 4 is 28.1 Å². The molecule has 1 unspecified atom stereocenters. The molecule has 2 aromatic rings. The molecule has 134 valence electrons. The van der Waals surface area contributed by atoms with Crippen LogP contribution >= 0.6 is 11.3 Å². The molecule has 6 heteroatoms. The van der Waals surface area contributed by atoms with Crippen LogP contribution in [0.5, 0.6) is 0 Å². The fraction of sp³-hybridized carbons (Fsp3) is 0.474. The molecule has 1 aromatic carbocycles. The number of hydrogen-bond acceptors (Lipinski definition) is 5. The molecule has 0 radical (unpaired) electrons. The summed E-state index contributed by atoms with van der Waals surface area (Å²) in [5.74, 6) is 0.0594. The van der Waals surface area contributed by atoms with Crippen molar-refractivity contribution in [1.82, 2.24) is 9.88 Å². The predicted molar refractivity (Wildman–Crippen MR) is 105 cm³/mol. The number of carbonyl (C=O) groups excluding carboxylic acids is 1. The van der Waals surface area contributed by atoms with Crippen LogP contribution in [0.1, 0.15) is 24.6 Å². The molecule has 2 heterocycles. The quantitative estimate of drug-likeness (QED) is 0.911. The van der Waals surface area contributed by atoms with Gasteiger partial charge in [0, 0.05) is 37.2 Å². The molecular weight excluding hydrogens is 332 g/mol. The zero-order chi connectivity index (χ0) is 17.8. The second kappa shape index (κ2) is 7.97. The van der Waals surface area contributed by atoms with Crippen molar-refractivity contribution in [1.29, 1.82) is 0 Å². The molecule has 0 aliphatic carbocycles. The molecule has 1 saturated heterocycles. The van der Waals surface area contributed by atoms with Gasteiger partial charge in [-0.2, -0.15) is 0 Å². The molecule has 1 aromatic heterocycles. The van der Waals surface area contributed by atoms with Gasteiger partial charge in [-0.1, -0.05) is 12.1 Å². The highest BCUT2D eigenvalue weighted by Crippen LogP contribution is 2.22. The van der Waals surface area contributed by atoms with Crippen LogP contribution in [0, 0.1) is 13.8 Å². The van der Waals surface area contributed by atoms with Crippen LogP contribution in [-0.2, 0) is 4.79 Å². The number of aryl methyl sites for hydroxylation is 2. The van der Waals surface area contributed by atoms with E-state index in [0.29, 0.717) is 0 Å². The number of benzene rings is 1. The number of carbonyl (C=O) groups is 1. The number of thiazole rings is 1. The summed E-state index contributed by atoms with van der Waals surface area (Å²) in [6, 6.07) is 7.79. The highest BCUT2D eigenvalue weighted by molar-refractivity contribution is 7.13. The van der Waals surface area contributed by atoms with E-state index >= 15 is 0 Å². The topological polar surface area (TPSA) is 48.5 Å². The summed E-state index contributed by atoms with van der Waals surface area (Å²) in [5, 5.41) is 6.23. The molecular formula is C19H26N4OS. The van der Waals surface area contributed by atoms with E-state index in [1.54, 1.807) is 11.3 Å². The van der Waals surface area contributed by atoms with Crippen molar-refractivity contribution in [3.05, 3.63) is 40.9 Å². The number of amides is 1. The van der Waals surface area contributed by atoms with Gasteiger partial charge in [0.25, 0.3) is 0 Å². The first-order chi connectivity index (χ1) is 12.0. The normalized spacial score (nSPS) is 17.2. The van der Waals surface area contributed by atoms with E-state index in [2.05, 4.69) is 25.5 Å². The van der Waals surface area contributed by atoms with E-state index in [-0.39, 0.29) is 11.9 Å². The Balaban J connectivity index is 1.58. The van der Waals surface area contributed by atoms with Gasteiger partial charge in [0.05, 0.1) is 11.7 Å². The van der Waals surface area contributed by atoms with Crippen LogP contribution < -0.4 is 10.2 Å². The first kappa shape index (κ1) is 17.9. The lowest BCUT2D eigenvalue weighted by atomic mass is 10.2. The summed E-state index contributed by atoms with van der Waals surface area (Å²) in [5.41, 5.74) is 3.09. The number of aromatic nitrogens is 1. The number of hydrogen-bond donors (Lipinski definition) is 1. The summed E-state index contributed by atoms with van der Waals surface area (Å²) in [7, 11) is 0. The first-order valence-corrected chi connectivity index (χ1v) is 9.69. The Kier molecular flexibility index (Phi) is 5.71. The average Bonchev–Trinajstić information content (AvgIpc) is 2.87. The Morgan fingerprint density at radius 3 is 2.80 bits per heavy atom. The van der Waals surface area contributed by atoms with Gasteiger partial charge in [-0.3, -0.25) is 9.69 Å². The zero-order valence-corrected chi connectivity index (χ0v) is 16.0. The summed E-state index contributed by atoms with van der Waals surface area (Å²) in [6.45, 7) is 9.77. The minimum absolute atomic E-state index is 0.0594. The Morgan fingerprint density at radius 2 is 2.08 bits per heavy atom. The smallest absolute Gasteiger partial charge is 0.241 e. The van der Waals surface area contributed by atoms with Crippen molar-refractivity contribution in [3.63, 3.8) is 0 Å². The van der Waals surface area contributed by atoms with E-state index in [1.807, 2.05) is 45.0 Å². The van der Waals surface area contributed by atoms with Crippen LogP contribution in [0.3, 0.4) is 0 Å². The number of nitrogens with one attached hydrogen (secondary N) is 1. The highest BCUT2D eigenvalue weighted by Gasteiger charge is 2.25. The second-order valence-corrected chi connectivity index (χ2v) is 7.52. The third kappa shape index (κ3) is 4.58. The van der Waals surface area contributed by atoms with Gasteiger partial charge >= 0.3 is 0 Å². The Morgan fingerprint density at radius 1 is 1.24 bits per heavy atom. The van der Waals surface area contributed by atoms with E-state index in [4.69, 9.17) is 0 Å². The van der Waals surface area contributed by atoms with Crippen molar-refractivity contribution in [2.24, 2.45) is 0 Å². The lowest BCUT2D eigenvalue weighted by Gasteiger charge is -2.27. The van der Waals surface area contributed by atoms with Crippen LogP contribution in [0.4, 0.5) is 10.8 Å².